The smallest absolute Gasteiger partial charge is 0.239 e. The molecule has 2 aromatic heterocycles. The molecule has 0 saturated heterocycles. The molecule has 29 heavy (non-hydrogen) atoms. The zero-order chi connectivity index (χ0) is 20.1. The summed E-state index contributed by atoms with van der Waals surface area (Å²) in [4.78, 5) is 25.3. The topological polar surface area (TPSA) is 46.1 Å². The quantitative estimate of drug-likeness (QED) is 0.367. The molecule has 0 bridgehead atoms. The van der Waals surface area contributed by atoms with Crippen molar-refractivity contribution in [3.05, 3.63) is 84.2 Å². The van der Waals surface area contributed by atoms with E-state index in [4.69, 9.17) is 4.98 Å². The van der Waals surface area contributed by atoms with Gasteiger partial charge in [0.15, 0.2) is 5.13 Å². The highest BCUT2D eigenvalue weighted by Crippen LogP contribution is 2.32. The molecule has 2 heterocycles. The normalized spacial score (nSPS) is 10.9. The summed E-state index contributed by atoms with van der Waals surface area (Å²) in [5.41, 5.74) is 3.04. The number of amides is 1. The van der Waals surface area contributed by atoms with Crippen molar-refractivity contribution >= 4 is 44.4 Å². The van der Waals surface area contributed by atoms with Crippen molar-refractivity contribution in [3.63, 3.8) is 0 Å². The first-order chi connectivity index (χ1) is 14.2. The van der Waals surface area contributed by atoms with E-state index in [0.29, 0.717) is 12.3 Å². The van der Waals surface area contributed by atoms with Crippen LogP contribution in [-0.4, -0.2) is 21.6 Å². The largest absolute Gasteiger partial charge is 0.281 e. The van der Waals surface area contributed by atoms with Crippen LogP contribution in [0.2, 0.25) is 0 Å². The number of fused-ring (bicyclic) bond motifs is 1. The average molecular weight is 420 g/mol. The van der Waals surface area contributed by atoms with Crippen LogP contribution in [0.15, 0.2) is 77.8 Å². The molecule has 4 rings (SSSR count). The van der Waals surface area contributed by atoms with E-state index < -0.39 is 0 Å². The van der Waals surface area contributed by atoms with Crippen LogP contribution in [0.1, 0.15) is 18.2 Å². The second-order valence-corrected chi connectivity index (χ2v) is 8.57. The summed E-state index contributed by atoms with van der Waals surface area (Å²) in [6.45, 7) is 2.54. The predicted molar refractivity (Wildman–Crippen MR) is 122 cm³/mol. The lowest BCUT2D eigenvalue weighted by Crippen LogP contribution is -2.32. The fraction of sp³-hybridized carbons (Fsp3) is 0.174. The van der Waals surface area contributed by atoms with Crippen molar-refractivity contribution in [2.75, 3.05) is 10.7 Å². The number of carbonyl (C=O) groups is 1. The van der Waals surface area contributed by atoms with Gasteiger partial charge in [-0.25, -0.2) is 4.98 Å². The van der Waals surface area contributed by atoms with Gasteiger partial charge in [-0.1, -0.05) is 54.7 Å². The number of pyridine rings is 1. The molecule has 4 nitrogen and oxygen atoms in total. The maximum absolute atomic E-state index is 13.2. The lowest BCUT2D eigenvalue weighted by Gasteiger charge is -2.19. The summed E-state index contributed by atoms with van der Waals surface area (Å²) in [5, 5.41) is 0.727. The van der Waals surface area contributed by atoms with E-state index in [1.165, 1.54) is 5.56 Å². The van der Waals surface area contributed by atoms with E-state index in [1.54, 1.807) is 34.2 Å². The molecule has 4 aromatic rings. The average Bonchev–Trinajstić information content (AvgIpc) is 3.21. The fourth-order valence-electron chi connectivity index (χ4n) is 3.05. The van der Waals surface area contributed by atoms with Gasteiger partial charge in [-0.3, -0.25) is 14.7 Å². The van der Waals surface area contributed by atoms with Crippen LogP contribution in [0.4, 0.5) is 5.13 Å². The van der Waals surface area contributed by atoms with Gasteiger partial charge in [-0.15, -0.1) is 11.8 Å². The van der Waals surface area contributed by atoms with Gasteiger partial charge >= 0.3 is 0 Å². The zero-order valence-corrected chi connectivity index (χ0v) is 17.7. The highest BCUT2D eigenvalue weighted by atomic mass is 32.2. The van der Waals surface area contributed by atoms with E-state index in [0.717, 1.165) is 32.4 Å². The van der Waals surface area contributed by atoms with Crippen LogP contribution < -0.4 is 4.90 Å². The fourth-order valence-corrected chi connectivity index (χ4v) is 4.88. The number of hydrogen-bond acceptors (Lipinski definition) is 5. The minimum Gasteiger partial charge on any atom is -0.281 e. The summed E-state index contributed by atoms with van der Waals surface area (Å²) in [6.07, 6.45) is 2.67. The SMILES string of the molecule is CCc1cccc2sc(N(Cc3ccccn3)C(=O)CSc3ccccc3)nc12. The number of aryl methyl sites for hydroxylation is 1. The summed E-state index contributed by atoms with van der Waals surface area (Å²) >= 11 is 3.10. The van der Waals surface area contributed by atoms with Gasteiger partial charge in [-0.05, 0) is 42.3 Å². The molecular formula is C23H21N3OS2. The minimum atomic E-state index is 0.0293. The van der Waals surface area contributed by atoms with Crippen LogP contribution in [0, 0.1) is 0 Å². The molecule has 6 heteroatoms. The van der Waals surface area contributed by atoms with Crippen LogP contribution >= 0.6 is 23.1 Å². The Labute approximate surface area is 178 Å². The third kappa shape index (κ3) is 4.66. The summed E-state index contributed by atoms with van der Waals surface area (Å²) in [5.74, 6) is 0.384. The van der Waals surface area contributed by atoms with E-state index in [2.05, 4.69) is 30.1 Å². The van der Waals surface area contributed by atoms with Crippen LogP contribution in [-0.2, 0) is 17.8 Å². The number of hydrogen-bond donors (Lipinski definition) is 0. The zero-order valence-electron chi connectivity index (χ0n) is 16.1. The molecule has 0 saturated carbocycles. The Morgan fingerprint density at radius 1 is 1.03 bits per heavy atom. The second kappa shape index (κ2) is 9.20. The first kappa shape index (κ1) is 19.6. The number of nitrogens with zero attached hydrogens (tertiary/aromatic N) is 3. The molecule has 146 valence electrons. The number of carbonyl (C=O) groups excluding carboxylic acids is 1. The molecule has 0 radical (unpaired) electrons. The van der Waals surface area contributed by atoms with Gasteiger partial charge in [0.2, 0.25) is 5.91 Å². The lowest BCUT2D eigenvalue weighted by atomic mass is 10.1. The van der Waals surface area contributed by atoms with Gasteiger partial charge in [0.25, 0.3) is 0 Å². The molecule has 0 spiro atoms. The third-order valence-electron chi connectivity index (χ3n) is 4.56. The summed E-state index contributed by atoms with van der Waals surface area (Å²) in [6, 6.07) is 22.0. The molecule has 0 aliphatic carbocycles. The number of anilines is 1. The molecule has 0 unspecified atom stereocenters. The molecule has 1 amide bonds. The molecule has 0 atom stereocenters. The molecular weight excluding hydrogens is 398 g/mol. The van der Waals surface area contributed by atoms with Crippen LogP contribution in [0.3, 0.4) is 0 Å². The number of thiazole rings is 1. The standard InChI is InChI=1S/C23H21N3OS2/c1-2-17-9-8-13-20-22(17)25-23(29-20)26(15-18-10-6-7-14-24-18)21(27)16-28-19-11-4-3-5-12-19/h3-14H,2,15-16H2,1H3. The maximum Gasteiger partial charge on any atom is 0.239 e. The predicted octanol–water partition coefficient (Wildman–Crippen LogP) is 5.58. The van der Waals surface area contributed by atoms with E-state index >= 15 is 0 Å². The monoisotopic (exact) mass is 419 g/mol. The minimum absolute atomic E-state index is 0.0293. The maximum atomic E-state index is 13.2. The van der Waals surface area contributed by atoms with E-state index in [-0.39, 0.29) is 5.91 Å². The Kier molecular flexibility index (Phi) is 6.22. The molecule has 0 aliphatic rings. The Balaban J connectivity index is 1.63. The number of thioether (sulfide) groups is 1. The Hall–Kier alpha value is -2.70. The molecule has 0 fully saturated rings. The van der Waals surface area contributed by atoms with E-state index in [9.17, 15) is 4.79 Å². The Morgan fingerprint density at radius 2 is 1.86 bits per heavy atom. The van der Waals surface area contributed by atoms with Crippen LogP contribution in [0.25, 0.3) is 10.2 Å². The molecule has 2 aromatic carbocycles. The van der Waals surface area contributed by atoms with E-state index in [1.807, 2.05) is 48.5 Å². The molecule has 0 aliphatic heterocycles. The number of aromatic nitrogens is 2. The van der Waals surface area contributed by atoms with Gasteiger partial charge < -0.3 is 0 Å². The Morgan fingerprint density at radius 3 is 2.62 bits per heavy atom. The Bertz CT molecular complexity index is 1100. The van der Waals surface area contributed by atoms with Crippen molar-refractivity contribution in [1.29, 1.82) is 0 Å². The van der Waals surface area contributed by atoms with Crippen molar-refractivity contribution in [2.24, 2.45) is 0 Å². The number of benzene rings is 2. The van der Waals surface area contributed by atoms with Gasteiger partial charge in [0, 0.05) is 11.1 Å². The van der Waals surface area contributed by atoms with Gasteiger partial charge in [0.05, 0.1) is 28.2 Å². The van der Waals surface area contributed by atoms with Crippen LogP contribution in [0.5, 0.6) is 0 Å². The first-order valence-electron chi connectivity index (χ1n) is 9.51. The van der Waals surface area contributed by atoms with Gasteiger partial charge in [-0.2, -0.15) is 0 Å². The highest BCUT2D eigenvalue weighted by Gasteiger charge is 2.21. The highest BCUT2D eigenvalue weighted by molar-refractivity contribution is 8.00. The van der Waals surface area contributed by atoms with Crippen molar-refractivity contribution in [2.45, 2.75) is 24.8 Å². The van der Waals surface area contributed by atoms with Crippen molar-refractivity contribution in [1.82, 2.24) is 9.97 Å². The second-order valence-electron chi connectivity index (χ2n) is 6.52. The third-order valence-corrected chi connectivity index (χ3v) is 6.60. The number of para-hydroxylation sites is 1. The summed E-state index contributed by atoms with van der Waals surface area (Å²) < 4.78 is 1.11. The van der Waals surface area contributed by atoms with Crippen molar-refractivity contribution in [3.8, 4) is 0 Å². The van der Waals surface area contributed by atoms with Crippen molar-refractivity contribution < 1.29 is 4.79 Å². The molecule has 0 N–H and O–H groups in total. The summed E-state index contributed by atoms with van der Waals surface area (Å²) in [7, 11) is 0. The lowest BCUT2D eigenvalue weighted by molar-refractivity contribution is -0.116. The first-order valence-corrected chi connectivity index (χ1v) is 11.3. The number of rotatable bonds is 7. The van der Waals surface area contributed by atoms with Gasteiger partial charge in [0.1, 0.15) is 0 Å².